The zero-order chi connectivity index (χ0) is 23.3. The second-order valence-electron chi connectivity index (χ2n) is 7.97. The van der Waals surface area contributed by atoms with Gasteiger partial charge in [0, 0.05) is 57.6 Å². The number of carbonyl (C=O) groups excluding carboxylic acids is 2. The van der Waals surface area contributed by atoms with Crippen LogP contribution in [0.15, 0.2) is 30.5 Å². The van der Waals surface area contributed by atoms with Crippen molar-refractivity contribution in [1.82, 2.24) is 19.8 Å². The summed E-state index contributed by atoms with van der Waals surface area (Å²) in [6.45, 7) is 7.43. The summed E-state index contributed by atoms with van der Waals surface area (Å²) >= 11 is 0. The van der Waals surface area contributed by atoms with Crippen molar-refractivity contribution < 1.29 is 14.3 Å². The van der Waals surface area contributed by atoms with Crippen molar-refractivity contribution in [3.63, 3.8) is 0 Å². The first kappa shape index (κ1) is 23.6. The van der Waals surface area contributed by atoms with Gasteiger partial charge in [0.25, 0.3) is 0 Å². The van der Waals surface area contributed by atoms with Gasteiger partial charge in [-0.25, -0.2) is 9.97 Å². The van der Waals surface area contributed by atoms with E-state index < -0.39 is 5.91 Å². The summed E-state index contributed by atoms with van der Waals surface area (Å²) in [4.78, 5) is 39.3. The number of nitrogens with zero attached hydrogens (tertiary/aromatic N) is 5. The largest absolute Gasteiger partial charge is 0.369 e. The molecule has 1 aromatic carbocycles. The predicted octanol–water partition coefficient (Wildman–Crippen LogP) is 1.55. The molecule has 0 aliphatic carbocycles. The van der Waals surface area contributed by atoms with Crippen LogP contribution >= 0.6 is 0 Å². The molecule has 0 radical (unpaired) electrons. The first-order valence-electron chi connectivity index (χ1n) is 10.9. The highest BCUT2D eigenvalue weighted by Crippen LogP contribution is 2.32. The molecule has 1 saturated heterocycles. The third-order valence-corrected chi connectivity index (χ3v) is 5.59. The molecule has 1 unspecified atom stereocenters. The summed E-state index contributed by atoms with van der Waals surface area (Å²) in [5.41, 5.74) is 8.19. The fraction of sp³-hybridized carbons (Fsp3) is 0.478. The number of nitrogens with two attached hydrogens (primary N) is 1. The number of benzene rings is 1. The van der Waals surface area contributed by atoms with Crippen molar-refractivity contribution >= 4 is 17.8 Å². The standard InChI is InChI=1S/C23H32N6O3/c1-5-29(6-2)20(30)15-28-10-11-32-19(14-28)21-18(13-25-23(26-21)27(3)4)16-8-7-9-17(12-16)22(24)31/h7-9,12-13,19H,5-6,10-11,14-15H2,1-4H3,(H2,24,31). The van der Waals surface area contributed by atoms with Crippen molar-refractivity contribution in [2.75, 3.05) is 58.3 Å². The maximum Gasteiger partial charge on any atom is 0.248 e. The van der Waals surface area contributed by atoms with Gasteiger partial charge in [-0.05, 0) is 31.5 Å². The molecular weight excluding hydrogens is 408 g/mol. The van der Waals surface area contributed by atoms with E-state index in [1.807, 2.05) is 43.8 Å². The van der Waals surface area contributed by atoms with Crippen LogP contribution < -0.4 is 10.6 Å². The minimum atomic E-state index is -0.491. The molecule has 1 aromatic heterocycles. The molecule has 2 N–H and O–H groups in total. The van der Waals surface area contributed by atoms with Crippen LogP contribution in [0.3, 0.4) is 0 Å². The number of aromatic nitrogens is 2. The highest BCUT2D eigenvalue weighted by molar-refractivity contribution is 5.94. The third kappa shape index (κ3) is 5.41. The van der Waals surface area contributed by atoms with E-state index in [0.29, 0.717) is 50.8 Å². The smallest absolute Gasteiger partial charge is 0.248 e. The highest BCUT2D eigenvalue weighted by Gasteiger charge is 2.28. The molecule has 2 heterocycles. The van der Waals surface area contributed by atoms with Gasteiger partial charge in [-0.15, -0.1) is 0 Å². The van der Waals surface area contributed by atoms with E-state index in [-0.39, 0.29) is 12.0 Å². The van der Waals surface area contributed by atoms with E-state index in [0.717, 1.165) is 16.8 Å². The molecule has 9 heteroatoms. The van der Waals surface area contributed by atoms with Crippen LogP contribution in [0.5, 0.6) is 0 Å². The van der Waals surface area contributed by atoms with Crippen molar-refractivity contribution in [2.24, 2.45) is 5.73 Å². The first-order valence-corrected chi connectivity index (χ1v) is 10.9. The molecule has 0 saturated carbocycles. The van der Waals surface area contributed by atoms with Gasteiger partial charge in [0.2, 0.25) is 17.8 Å². The number of amides is 2. The summed E-state index contributed by atoms with van der Waals surface area (Å²) in [5, 5.41) is 0. The van der Waals surface area contributed by atoms with Crippen LogP contribution in [-0.2, 0) is 9.53 Å². The summed E-state index contributed by atoms with van der Waals surface area (Å²) < 4.78 is 6.10. The molecule has 2 aromatic rings. The Morgan fingerprint density at radius 2 is 2.00 bits per heavy atom. The summed E-state index contributed by atoms with van der Waals surface area (Å²) in [6.07, 6.45) is 1.42. The lowest BCUT2D eigenvalue weighted by atomic mass is 9.99. The van der Waals surface area contributed by atoms with Crippen LogP contribution in [0.25, 0.3) is 11.1 Å². The summed E-state index contributed by atoms with van der Waals surface area (Å²) in [6, 6.07) is 7.10. The SMILES string of the molecule is CCN(CC)C(=O)CN1CCOC(c2nc(N(C)C)ncc2-c2cccc(C(N)=O)c2)C1. The predicted molar refractivity (Wildman–Crippen MR) is 123 cm³/mol. The van der Waals surface area contributed by atoms with Gasteiger partial charge in [-0.3, -0.25) is 14.5 Å². The normalized spacial score (nSPS) is 16.6. The lowest BCUT2D eigenvalue weighted by molar-refractivity contribution is -0.134. The number of likely N-dealkylation sites (N-methyl/N-ethyl adjacent to an activating group) is 1. The monoisotopic (exact) mass is 440 g/mol. The molecule has 1 aliphatic rings. The number of carbonyl (C=O) groups is 2. The Hall–Kier alpha value is -3.04. The highest BCUT2D eigenvalue weighted by atomic mass is 16.5. The molecule has 172 valence electrons. The van der Waals surface area contributed by atoms with E-state index in [9.17, 15) is 9.59 Å². The molecule has 32 heavy (non-hydrogen) atoms. The van der Waals surface area contributed by atoms with Crippen LogP contribution in [0.2, 0.25) is 0 Å². The van der Waals surface area contributed by atoms with E-state index in [1.165, 1.54) is 0 Å². The van der Waals surface area contributed by atoms with Crippen LogP contribution in [0.4, 0.5) is 5.95 Å². The van der Waals surface area contributed by atoms with Gasteiger partial charge in [0.15, 0.2) is 0 Å². The number of hydrogen-bond acceptors (Lipinski definition) is 7. The summed E-state index contributed by atoms with van der Waals surface area (Å²) in [7, 11) is 3.76. The van der Waals surface area contributed by atoms with Gasteiger partial charge in [0.1, 0.15) is 6.10 Å². The molecule has 9 nitrogen and oxygen atoms in total. The number of anilines is 1. The van der Waals surface area contributed by atoms with Crippen molar-refractivity contribution in [1.29, 1.82) is 0 Å². The Labute approximate surface area is 189 Å². The van der Waals surface area contributed by atoms with E-state index in [1.54, 1.807) is 24.4 Å². The van der Waals surface area contributed by atoms with Crippen molar-refractivity contribution in [2.45, 2.75) is 20.0 Å². The fourth-order valence-electron chi connectivity index (χ4n) is 3.79. The maximum atomic E-state index is 12.6. The Balaban J connectivity index is 1.93. The number of rotatable bonds is 8. The van der Waals surface area contributed by atoms with Gasteiger partial charge in [-0.1, -0.05) is 12.1 Å². The van der Waals surface area contributed by atoms with Crippen molar-refractivity contribution in [3.05, 3.63) is 41.7 Å². The van der Waals surface area contributed by atoms with Crippen molar-refractivity contribution in [3.8, 4) is 11.1 Å². The van der Waals surface area contributed by atoms with Crippen LogP contribution in [0.1, 0.15) is 36.0 Å². The molecule has 1 atom stereocenters. The zero-order valence-corrected chi connectivity index (χ0v) is 19.2. The molecular formula is C23H32N6O3. The molecule has 2 amide bonds. The average Bonchev–Trinajstić information content (AvgIpc) is 2.79. The Bertz CT molecular complexity index is 960. The molecule has 0 bridgehead atoms. The van der Waals surface area contributed by atoms with E-state index >= 15 is 0 Å². The maximum absolute atomic E-state index is 12.6. The van der Waals surface area contributed by atoms with E-state index in [2.05, 4.69) is 9.88 Å². The molecule has 1 aliphatic heterocycles. The summed E-state index contributed by atoms with van der Waals surface area (Å²) in [5.74, 6) is 0.186. The first-order chi connectivity index (χ1) is 15.3. The van der Waals surface area contributed by atoms with Crippen LogP contribution in [-0.4, -0.2) is 85.0 Å². The topological polar surface area (TPSA) is 105 Å². The lowest BCUT2D eigenvalue weighted by Gasteiger charge is -2.34. The second-order valence-corrected chi connectivity index (χ2v) is 7.97. The Morgan fingerprint density at radius 3 is 2.66 bits per heavy atom. The molecule has 1 fully saturated rings. The lowest BCUT2D eigenvalue weighted by Crippen LogP contribution is -2.45. The van der Waals surface area contributed by atoms with Gasteiger partial charge in [-0.2, -0.15) is 0 Å². The van der Waals surface area contributed by atoms with Gasteiger partial charge >= 0.3 is 0 Å². The third-order valence-electron chi connectivity index (χ3n) is 5.59. The molecule has 3 rings (SSSR count). The Morgan fingerprint density at radius 1 is 1.25 bits per heavy atom. The Kier molecular flexibility index (Phi) is 7.76. The second kappa shape index (κ2) is 10.5. The molecule has 0 spiro atoms. The number of morpholine rings is 1. The quantitative estimate of drug-likeness (QED) is 0.664. The minimum absolute atomic E-state index is 0.113. The van der Waals surface area contributed by atoms with Gasteiger partial charge in [0.05, 0.1) is 18.8 Å². The number of hydrogen-bond donors (Lipinski definition) is 1. The average molecular weight is 441 g/mol. The zero-order valence-electron chi connectivity index (χ0n) is 19.2. The van der Waals surface area contributed by atoms with Gasteiger partial charge < -0.3 is 20.3 Å². The minimum Gasteiger partial charge on any atom is -0.369 e. The number of ether oxygens (including phenoxy) is 1. The number of primary amides is 1. The fourth-order valence-corrected chi connectivity index (χ4v) is 3.79. The van der Waals surface area contributed by atoms with Crippen LogP contribution in [0, 0.1) is 0 Å². The van der Waals surface area contributed by atoms with E-state index in [4.69, 9.17) is 15.5 Å².